The maximum absolute atomic E-state index is 8.93. The summed E-state index contributed by atoms with van der Waals surface area (Å²) in [5.41, 5.74) is 0. The summed E-state index contributed by atoms with van der Waals surface area (Å²) in [6.07, 6.45) is 6.88. The predicted molar refractivity (Wildman–Crippen MR) is 48.9 cm³/mol. The van der Waals surface area contributed by atoms with Crippen LogP contribution in [0.5, 0.6) is 0 Å². The van der Waals surface area contributed by atoms with Gasteiger partial charge in [0, 0.05) is 19.2 Å². The lowest BCUT2D eigenvalue weighted by Crippen LogP contribution is -2.21. The summed E-state index contributed by atoms with van der Waals surface area (Å²) in [5.74, 6) is 1.59. The van der Waals surface area contributed by atoms with Gasteiger partial charge < -0.3 is 10.4 Å². The van der Waals surface area contributed by atoms with E-state index in [9.17, 15) is 0 Å². The van der Waals surface area contributed by atoms with Crippen LogP contribution < -0.4 is 5.32 Å². The Bertz CT molecular complexity index is 145. The molecule has 0 aromatic heterocycles. The van der Waals surface area contributed by atoms with Crippen LogP contribution in [0, 0.1) is 11.8 Å². The highest BCUT2D eigenvalue weighted by molar-refractivity contribution is 4.83. The summed E-state index contributed by atoms with van der Waals surface area (Å²) in [7, 11) is 0. The van der Waals surface area contributed by atoms with Crippen LogP contribution in [-0.4, -0.2) is 24.3 Å². The third-order valence-electron chi connectivity index (χ3n) is 3.19. The van der Waals surface area contributed by atoms with E-state index in [2.05, 4.69) is 5.32 Å². The summed E-state index contributed by atoms with van der Waals surface area (Å²) < 4.78 is 0. The first-order valence-corrected chi connectivity index (χ1v) is 5.22. The minimum Gasteiger partial charge on any atom is -0.396 e. The minimum atomic E-state index is 0.368. The van der Waals surface area contributed by atoms with Crippen LogP contribution in [0.15, 0.2) is 0 Å². The Kier molecular flexibility index (Phi) is 2.66. The van der Waals surface area contributed by atoms with E-state index in [0.717, 1.165) is 12.5 Å². The average molecular weight is 169 g/mol. The van der Waals surface area contributed by atoms with Crippen LogP contribution in [-0.2, 0) is 0 Å². The second-order valence-corrected chi connectivity index (χ2v) is 4.41. The van der Waals surface area contributed by atoms with Gasteiger partial charge in [-0.25, -0.2) is 0 Å². The lowest BCUT2D eigenvalue weighted by atomic mass is 10.0. The summed E-state index contributed by atoms with van der Waals surface area (Å²) in [5, 5.41) is 12.4. The van der Waals surface area contributed by atoms with E-state index < -0.39 is 0 Å². The summed E-state index contributed by atoms with van der Waals surface area (Å²) in [6, 6.07) is 0.711. The molecule has 0 aromatic rings. The molecule has 1 aliphatic heterocycles. The summed E-state index contributed by atoms with van der Waals surface area (Å²) >= 11 is 0. The zero-order valence-corrected chi connectivity index (χ0v) is 7.63. The quantitative estimate of drug-likeness (QED) is 0.661. The number of aliphatic hydroxyl groups excluding tert-OH is 1. The lowest BCUT2D eigenvalue weighted by Gasteiger charge is -2.08. The molecular formula is C10H19NO. The molecule has 2 heteroatoms. The van der Waals surface area contributed by atoms with Crippen LogP contribution in [0.1, 0.15) is 32.1 Å². The summed E-state index contributed by atoms with van der Waals surface area (Å²) in [4.78, 5) is 0. The molecule has 2 rings (SSSR count). The predicted octanol–water partition coefficient (Wildman–Crippen LogP) is 1.15. The Morgan fingerprint density at radius 2 is 2.00 bits per heavy atom. The van der Waals surface area contributed by atoms with Gasteiger partial charge in [-0.05, 0) is 31.1 Å². The lowest BCUT2D eigenvalue weighted by molar-refractivity contribution is 0.235. The fraction of sp³-hybridized carbons (Fsp3) is 1.00. The smallest absolute Gasteiger partial charge is 0.0471 e. The monoisotopic (exact) mass is 169 g/mol. The number of aliphatic hydroxyl groups is 1. The first kappa shape index (κ1) is 8.52. The Labute approximate surface area is 74.4 Å². The molecule has 2 atom stereocenters. The zero-order valence-electron chi connectivity index (χ0n) is 7.63. The van der Waals surface area contributed by atoms with Crippen molar-refractivity contribution in [3.63, 3.8) is 0 Å². The minimum absolute atomic E-state index is 0.368. The molecule has 0 aromatic carbocycles. The van der Waals surface area contributed by atoms with Gasteiger partial charge in [0.2, 0.25) is 0 Å². The molecular weight excluding hydrogens is 150 g/mol. The van der Waals surface area contributed by atoms with Crippen molar-refractivity contribution in [2.45, 2.75) is 38.1 Å². The number of rotatable bonds is 4. The molecule has 1 heterocycles. The molecule has 2 aliphatic rings. The number of hydrogen-bond donors (Lipinski definition) is 2. The van der Waals surface area contributed by atoms with Crippen molar-refractivity contribution in [2.24, 2.45) is 11.8 Å². The van der Waals surface area contributed by atoms with E-state index in [4.69, 9.17) is 5.11 Å². The van der Waals surface area contributed by atoms with Crippen molar-refractivity contribution in [3.8, 4) is 0 Å². The van der Waals surface area contributed by atoms with Gasteiger partial charge in [-0.1, -0.05) is 12.8 Å². The maximum Gasteiger partial charge on any atom is 0.0471 e. The molecule has 1 aliphatic carbocycles. The second kappa shape index (κ2) is 3.75. The van der Waals surface area contributed by atoms with Crippen molar-refractivity contribution in [1.29, 1.82) is 0 Å². The highest BCUT2D eigenvalue weighted by atomic mass is 16.3. The molecule has 0 radical (unpaired) electrons. The normalized spacial score (nSPS) is 35.8. The van der Waals surface area contributed by atoms with E-state index in [1.165, 1.54) is 32.1 Å². The van der Waals surface area contributed by atoms with Crippen molar-refractivity contribution in [1.82, 2.24) is 5.32 Å². The van der Waals surface area contributed by atoms with Crippen LogP contribution in [0.2, 0.25) is 0 Å². The fourth-order valence-corrected chi connectivity index (χ4v) is 2.10. The number of nitrogens with one attached hydrogen (secondary N) is 1. The zero-order chi connectivity index (χ0) is 8.39. The molecule has 1 saturated heterocycles. The van der Waals surface area contributed by atoms with Crippen LogP contribution in [0.25, 0.3) is 0 Å². The fourth-order valence-electron chi connectivity index (χ4n) is 2.10. The van der Waals surface area contributed by atoms with Crippen molar-refractivity contribution in [2.75, 3.05) is 13.2 Å². The van der Waals surface area contributed by atoms with Gasteiger partial charge in [0.25, 0.3) is 0 Å². The van der Waals surface area contributed by atoms with Crippen molar-refractivity contribution < 1.29 is 5.11 Å². The SMILES string of the molecule is OCC1CNC(CCC2CC2)C1. The van der Waals surface area contributed by atoms with Gasteiger partial charge >= 0.3 is 0 Å². The van der Waals surface area contributed by atoms with Gasteiger partial charge in [-0.15, -0.1) is 0 Å². The highest BCUT2D eigenvalue weighted by Crippen LogP contribution is 2.34. The largest absolute Gasteiger partial charge is 0.396 e. The van der Waals surface area contributed by atoms with E-state index in [1.807, 2.05) is 0 Å². The first-order chi connectivity index (χ1) is 5.88. The topological polar surface area (TPSA) is 32.3 Å². The van der Waals surface area contributed by atoms with Crippen LogP contribution in [0.3, 0.4) is 0 Å². The molecule has 2 nitrogen and oxygen atoms in total. The molecule has 1 saturated carbocycles. The Morgan fingerprint density at radius 1 is 1.17 bits per heavy atom. The van der Waals surface area contributed by atoms with Crippen LogP contribution >= 0.6 is 0 Å². The Balaban J connectivity index is 1.61. The molecule has 0 bridgehead atoms. The molecule has 2 unspecified atom stereocenters. The molecule has 0 spiro atoms. The van der Waals surface area contributed by atoms with Gasteiger partial charge in [0.1, 0.15) is 0 Å². The van der Waals surface area contributed by atoms with Gasteiger partial charge in [-0.3, -0.25) is 0 Å². The number of hydrogen-bond acceptors (Lipinski definition) is 2. The Morgan fingerprint density at radius 3 is 2.58 bits per heavy atom. The molecule has 12 heavy (non-hydrogen) atoms. The molecule has 2 N–H and O–H groups in total. The van der Waals surface area contributed by atoms with Gasteiger partial charge in [0.05, 0.1) is 0 Å². The molecule has 0 amide bonds. The Hall–Kier alpha value is -0.0800. The molecule has 70 valence electrons. The standard InChI is InChI=1S/C10H19NO/c12-7-9-5-10(11-6-9)4-3-8-1-2-8/h8-12H,1-7H2. The average Bonchev–Trinajstić information content (AvgIpc) is 2.81. The van der Waals surface area contributed by atoms with Crippen molar-refractivity contribution >= 4 is 0 Å². The van der Waals surface area contributed by atoms with Crippen molar-refractivity contribution in [3.05, 3.63) is 0 Å². The van der Waals surface area contributed by atoms with Crippen LogP contribution in [0.4, 0.5) is 0 Å². The maximum atomic E-state index is 8.93. The van der Waals surface area contributed by atoms with E-state index >= 15 is 0 Å². The van der Waals surface area contributed by atoms with E-state index in [-0.39, 0.29) is 0 Å². The van der Waals surface area contributed by atoms with E-state index in [1.54, 1.807) is 0 Å². The molecule has 2 fully saturated rings. The highest BCUT2D eigenvalue weighted by Gasteiger charge is 2.26. The first-order valence-electron chi connectivity index (χ1n) is 5.22. The second-order valence-electron chi connectivity index (χ2n) is 4.41. The van der Waals surface area contributed by atoms with Gasteiger partial charge in [0.15, 0.2) is 0 Å². The van der Waals surface area contributed by atoms with Gasteiger partial charge in [-0.2, -0.15) is 0 Å². The third-order valence-corrected chi connectivity index (χ3v) is 3.19. The summed E-state index contributed by atoms with van der Waals surface area (Å²) in [6.45, 7) is 1.40. The third kappa shape index (κ3) is 2.20. The van der Waals surface area contributed by atoms with E-state index in [0.29, 0.717) is 18.6 Å².